The molecule has 1 heterocycles. The Morgan fingerprint density at radius 2 is 0.671 bits per heavy atom. The summed E-state index contributed by atoms with van der Waals surface area (Å²) in [6.07, 6.45) is 6.79. The summed E-state index contributed by atoms with van der Waals surface area (Å²) in [5, 5.41) is 16.4. The number of rotatable bonds is 6. The molecule has 0 unspecified atom stereocenters. The van der Waals surface area contributed by atoms with Gasteiger partial charge in [-0.1, -0.05) is 218 Å². The van der Waals surface area contributed by atoms with Crippen LogP contribution in [0, 0.1) is 0 Å². The van der Waals surface area contributed by atoms with Crippen molar-refractivity contribution >= 4 is 81.6 Å². The van der Waals surface area contributed by atoms with Gasteiger partial charge in [0.05, 0.1) is 5.52 Å². The first-order chi connectivity index (χ1) is 36.2. The van der Waals surface area contributed by atoms with E-state index < -0.39 is 0 Å². The fourth-order valence-corrected chi connectivity index (χ4v) is 12.5. The van der Waals surface area contributed by atoms with Crippen LogP contribution in [0.1, 0.15) is 17.7 Å². The molecule has 1 heteroatoms. The van der Waals surface area contributed by atoms with E-state index in [2.05, 4.69) is 265 Å². The summed E-state index contributed by atoms with van der Waals surface area (Å²) in [5.41, 5.74) is 17.5. The summed E-state index contributed by atoms with van der Waals surface area (Å²) < 4.78 is 2.44. The van der Waals surface area contributed by atoms with E-state index in [1.54, 1.807) is 0 Å². The molecule has 0 atom stereocenters. The maximum Gasteiger partial charge on any atom is 0.0537 e. The third kappa shape index (κ3) is 6.63. The summed E-state index contributed by atoms with van der Waals surface area (Å²) in [6, 6.07) is 92.9. The van der Waals surface area contributed by atoms with Crippen LogP contribution in [0.3, 0.4) is 0 Å². The van der Waals surface area contributed by atoms with Crippen LogP contribution >= 0.6 is 0 Å². The molecular weight excluding hydrogens is 879 g/mol. The van der Waals surface area contributed by atoms with E-state index in [0.717, 1.165) is 12.8 Å². The lowest BCUT2D eigenvalue weighted by Crippen LogP contribution is -2.00. The predicted octanol–water partition coefficient (Wildman–Crippen LogP) is 19.8. The second-order valence-electron chi connectivity index (χ2n) is 19.8. The van der Waals surface area contributed by atoms with Crippen molar-refractivity contribution in [2.24, 2.45) is 0 Å². The Balaban J connectivity index is 0.871. The molecule has 0 radical (unpaired) electrons. The molecule has 0 aliphatic heterocycles. The topological polar surface area (TPSA) is 4.93 Å². The first kappa shape index (κ1) is 41.5. The second kappa shape index (κ2) is 16.7. The van der Waals surface area contributed by atoms with Crippen LogP contribution in [0.5, 0.6) is 0 Å². The Morgan fingerprint density at radius 3 is 1.22 bits per heavy atom. The minimum absolute atomic E-state index is 1.08. The van der Waals surface area contributed by atoms with Crippen molar-refractivity contribution < 1.29 is 0 Å². The number of para-hydroxylation sites is 1. The molecule has 15 rings (SSSR count). The molecule has 73 heavy (non-hydrogen) atoms. The molecule has 1 nitrogen and oxygen atoms in total. The normalized spacial score (nSPS) is 12.5. The fourth-order valence-electron chi connectivity index (χ4n) is 12.5. The predicted molar refractivity (Wildman–Crippen MR) is 313 cm³/mol. The minimum Gasteiger partial charge on any atom is -0.310 e. The highest BCUT2D eigenvalue weighted by Gasteiger charge is 2.22. The fraction of sp³-hybridized carbons (Fsp3) is 0.0278. The van der Waals surface area contributed by atoms with Crippen molar-refractivity contribution in [2.45, 2.75) is 12.8 Å². The van der Waals surface area contributed by atoms with Crippen LogP contribution in [-0.4, -0.2) is 4.57 Å². The molecule has 0 fully saturated rings. The Bertz CT molecular complexity index is 4530. The molecule has 1 aliphatic carbocycles. The maximum atomic E-state index is 2.45. The second-order valence-corrected chi connectivity index (χ2v) is 19.8. The molecule has 1 aromatic heterocycles. The summed E-state index contributed by atoms with van der Waals surface area (Å²) in [6.45, 7) is 0. The molecule has 1 aliphatic rings. The zero-order valence-electron chi connectivity index (χ0n) is 40.2. The van der Waals surface area contributed by atoms with Crippen molar-refractivity contribution in [3.63, 3.8) is 0 Å². The van der Waals surface area contributed by atoms with Gasteiger partial charge in [-0.05, 0) is 181 Å². The molecule has 0 saturated heterocycles. The molecule has 0 N–H and O–H groups in total. The number of aromatic nitrogens is 1. The molecule has 14 aromatic rings. The van der Waals surface area contributed by atoms with Gasteiger partial charge in [0.1, 0.15) is 0 Å². The van der Waals surface area contributed by atoms with E-state index in [0.29, 0.717) is 0 Å². The van der Waals surface area contributed by atoms with Gasteiger partial charge in [0, 0.05) is 16.8 Å². The van der Waals surface area contributed by atoms with E-state index in [9.17, 15) is 0 Å². The van der Waals surface area contributed by atoms with Crippen molar-refractivity contribution in [1.82, 2.24) is 4.57 Å². The Kier molecular flexibility index (Phi) is 9.47. The Morgan fingerprint density at radius 1 is 0.274 bits per heavy atom. The number of benzene rings is 13. The van der Waals surface area contributed by atoms with E-state index in [-0.39, 0.29) is 0 Å². The maximum absolute atomic E-state index is 2.45. The molecule has 0 spiro atoms. The van der Waals surface area contributed by atoms with Crippen LogP contribution in [-0.2, 0) is 6.42 Å². The monoisotopic (exact) mass is 925 g/mol. The van der Waals surface area contributed by atoms with Crippen LogP contribution in [0.25, 0.3) is 143 Å². The van der Waals surface area contributed by atoms with Gasteiger partial charge in [-0.15, -0.1) is 0 Å². The van der Waals surface area contributed by atoms with Gasteiger partial charge in [-0.3, -0.25) is 0 Å². The van der Waals surface area contributed by atoms with Gasteiger partial charge >= 0.3 is 0 Å². The van der Waals surface area contributed by atoms with Crippen molar-refractivity contribution in [3.8, 4) is 61.3 Å². The lowest BCUT2D eigenvalue weighted by atomic mass is 9.84. The number of hydrogen-bond acceptors (Lipinski definition) is 0. The minimum atomic E-state index is 1.08. The van der Waals surface area contributed by atoms with E-state index in [1.165, 1.54) is 148 Å². The summed E-state index contributed by atoms with van der Waals surface area (Å²) in [7, 11) is 0. The van der Waals surface area contributed by atoms with E-state index in [4.69, 9.17) is 0 Å². The third-order valence-corrected chi connectivity index (χ3v) is 15.8. The quantitative estimate of drug-likeness (QED) is 0.146. The molecule has 340 valence electrons. The van der Waals surface area contributed by atoms with Gasteiger partial charge in [-0.25, -0.2) is 0 Å². The SMILES string of the molecule is C1=Cc2c(c3ccccc3n2-c2ccc(-c3c4ccccc4c(-c4ccc(-c5ccc6c(-c7ccc8ccccc8c7)c7ccccc7c(-c7ccc8ccccc8c7)c6c5)cc4)c4ccccc34)cc2)CC1. The van der Waals surface area contributed by atoms with Gasteiger partial charge in [0.25, 0.3) is 0 Å². The Labute approximate surface area is 424 Å². The number of allylic oxidation sites excluding steroid dienone is 1. The summed E-state index contributed by atoms with van der Waals surface area (Å²) in [5.74, 6) is 0. The third-order valence-electron chi connectivity index (χ3n) is 15.8. The van der Waals surface area contributed by atoms with Crippen molar-refractivity contribution in [1.29, 1.82) is 0 Å². The zero-order valence-corrected chi connectivity index (χ0v) is 40.2. The van der Waals surface area contributed by atoms with E-state index >= 15 is 0 Å². The molecular formula is C72H47N. The molecule has 0 amide bonds. The van der Waals surface area contributed by atoms with Crippen LogP contribution < -0.4 is 0 Å². The summed E-state index contributed by atoms with van der Waals surface area (Å²) >= 11 is 0. The average Bonchev–Trinajstić information content (AvgIpc) is 3.80. The lowest BCUT2D eigenvalue weighted by Gasteiger charge is -2.20. The molecule has 0 bridgehead atoms. The highest BCUT2D eigenvalue weighted by molar-refractivity contribution is 6.24. The number of aryl methyl sites for hydroxylation is 1. The van der Waals surface area contributed by atoms with Crippen LogP contribution in [0.2, 0.25) is 0 Å². The standard InChI is InChI=1S/C72H47N/c1-3-17-51-43-54(35-31-46(51)15-1)71-63-25-9-10-26-64(63)72(55-36-32-47-16-2-4-18-52(47)44-55)66-45-53(39-42-65(66)71)48-29-33-49(34-30-48)69-59-21-5-7-23-61(59)70(62-24-8-6-22-60(62)69)50-37-40-56(41-38-50)73-67-27-13-11-19-57(67)58-20-12-14-28-68(58)73/h1-11,13-19,21-45H,12,20H2. The highest BCUT2D eigenvalue weighted by atomic mass is 15.0. The molecule has 13 aromatic carbocycles. The summed E-state index contributed by atoms with van der Waals surface area (Å²) in [4.78, 5) is 0. The largest absolute Gasteiger partial charge is 0.310 e. The average molecular weight is 926 g/mol. The van der Waals surface area contributed by atoms with Crippen molar-refractivity contribution in [3.05, 3.63) is 266 Å². The zero-order chi connectivity index (χ0) is 48.0. The van der Waals surface area contributed by atoms with E-state index in [1.807, 2.05) is 0 Å². The number of hydrogen-bond donors (Lipinski definition) is 0. The highest BCUT2D eigenvalue weighted by Crippen LogP contribution is 2.48. The number of fused-ring (bicyclic) bond motifs is 9. The van der Waals surface area contributed by atoms with Gasteiger partial charge in [0.2, 0.25) is 0 Å². The Hall–Kier alpha value is -9.30. The van der Waals surface area contributed by atoms with Crippen LogP contribution in [0.4, 0.5) is 0 Å². The van der Waals surface area contributed by atoms with Gasteiger partial charge < -0.3 is 4.57 Å². The first-order valence-electron chi connectivity index (χ1n) is 25.6. The molecule has 0 saturated carbocycles. The van der Waals surface area contributed by atoms with Gasteiger partial charge in [0.15, 0.2) is 0 Å². The van der Waals surface area contributed by atoms with Crippen molar-refractivity contribution in [2.75, 3.05) is 0 Å². The van der Waals surface area contributed by atoms with Gasteiger partial charge in [-0.2, -0.15) is 0 Å². The smallest absolute Gasteiger partial charge is 0.0537 e. The lowest BCUT2D eigenvalue weighted by molar-refractivity contribution is 0.967. The number of nitrogens with zero attached hydrogens (tertiary/aromatic N) is 1. The van der Waals surface area contributed by atoms with Crippen LogP contribution in [0.15, 0.2) is 255 Å². The first-order valence-corrected chi connectivity index (χ1v) is 25.6.